The van der Waals surface area contributed by atoms with Crippen molar-refractivity contribution >= 4 is 27.8 Å². The van der Waals surface area contributed by atoms with Gasteiger partial charge in [-0.15, -0.1) is 0 Å². The van der Waals surface area contributed by atoms with Crippen LogP contribution in [0.5, 0.6) is 5.75 Å². The summed E-state index contributed by atoms with van der Waals surface area (Å²) in [7, 11) is -3.75. The van der Waals surface area contributed by atoms with Crippen LogP contribution in [-0.2, 0) is 14.8 Å². The van der Waals surface area contributed by atoms with Crippen LogP contribution in [0, 0.1) is 20.8 Å². The van der Waals surface area contributed by atoms with Gasteiger partial charge in [0.1, 0.15) is 5.75 Å². The highest BCUT2D eigenvalue weighted by Gasteiger charge is 2.11. The van der Waals surface area contributed by atoms with Gasteiger partial charge in [-0.05, 0) is 73.9 Å². The SMILES string of the molecule is Cc1ccc(S(=O)(=O)N/N=C\c2cccc(OCC(=O)Nc3ccc(C)c(C)c3)c2)cc1. The molecule has 0 aromatic heterocycles. The monoisotopic (exact) mass is 451 g/mol. The van der Waals surface area contributed by atoms with E-state index < -0.39 is 10.0 Å². The molecule has 0 saturated heterocycles. The topological polar surface area (TPSA) is 96.9 Å². The highest BCUT2D eigenvalue weighted by molar-refractivity contribution is 7.89. The number of benzene rings is 3. The molecule has 0 unspecified atom stereocenters. The lowest BCUT2D eigenvalue weighted by molar-refractivity contribution is -0.118. The first-order valence-electron chi connectivity index (χ1n) is 9.94. The van der Waals surface area contributed by atoms with Gasteiger partial charge in [0.05, 0.1) is 11.1 Å². The van der Waals surface area contributed by atoms with Gasteiger partial charge in [-0.2, -0.15) is 13.5 Å². The third-order valence-electron chi connectivity index (χ3n) is 4.74. The number of hydrogen-bond acceptors (Lipinski definition) is 5. The summed E-state index contributed by atoms with van der Waals surface area (Å²) in [5.41, 5.74) is 4.53. The molecule has 3 aromatic rings. The zero-order valence-electron chi connectivity index (χ0n) is 18.1. The van der Waals surface area contributed by atoms with Crippen molar-refractivity contribution in [2.75, 3.05) is 11.9 Å². The molecule has 0 bridgehead atoms. The number of nitrogens with one attached hydrogen (secondary N) is 2. The molecule has 0 aliphatic carbocycles. The average molecular weight is 452 g/mol. The molecule has 0 radical (unpaired) electrons. The van der Waals surface area contributed by atoms with E-state index in [-0.39, 0.29) is 17.4 Å². The van der Waals surface area contributed by atoms with E-state index in [2.05, 4.69) is 15.2 Å². The fourth-order valence-electron chi connectivity index (χ4n) is 2.79. The van der Waals surface area contributed by atoms with Gasteiger partial charge in [0.2, 0.25) is 0 Å². The molecule has 0 heterocycles. The van der Waals surface area contributed by atoms with Gasteiger partial charge in [-0.25, -0.2) is 4.83 Å². The number of anilines is 1. The van der Waals surface area contributed by atoms with Crippen LogP contribution in [0.25, 0.3) is 0 Å². The number of carbonyl (C=O) groups excluding carboxylic acids is 1. The average Bonchev–Trinajstić information content (AvgIpc) is 2.75. The maximum Gasteiger partial charge on any atom is 0.276 e. The van der Waals surface area contributed by atoms with Gasteiger partial charge in [-0.1, -0.05) is 35.9 Å². The van der Waals surface area contributed by atoms with Gasteiger partial charge in [0, 0.05) is 5.69 Å². The highest BCUT2D eigenvalue weighted by atomic mass is 32.2. The van der Waals surface area contributed by atoms with E-state index in [4.69, 9.17) is 4.74 Å². The van der Waals surface area contributed by atoms with Gasteiger partial charge < -0.3 is 10.1 Å². The summed E-state index contributed by atoms with van der Waals surface area (Å²) in [5.74, 6) is 0.184. The first kappa shape index (κ1) is 23.0. The molecular formula is C24H25N3O4S. The van der Waals surface area contributed by atoms with Crippen LogP contribution in [0.1, 0.15) is 22.3 Å². The lowest BCUT2D eigenvalue weighted by Crippen LogP contribution is -2.20. The summed E-state index contributed by atoms with van der Waals surface area (Å²) in [6.45, 7) is 5.71. The van der Waals surface area contributed by atoms with E-state index in [1.165, 1.54) is 18.3 Å². The standard InChI is InChI=1S/C24H25N3O4S/c1-17-7-11-23(12-8-17)32(29,30)27-25-15-20-5-4-6-22(14-20)31-16-24(28)26-21-10-9-18(2)19(3)13-21/h4-15,27H,16H2,1-3H3,(H,26,28)/b25-15-. The molecule has 8 heteroatoms. The summed E-state index contributed by atoms with van der Waals surface area (Å²) in [6, 6.07) is 19.0. The van der Waals surface area contributed by atoms with Crippen LogP contribution in [0.4, 0.5) is 5.69 Å². The van der Waals surface area contributed by atoms with Crippen molar-refractivity contribution < 1.29 is 17.9 Å². The van der Waals surface area contributed by atoms with Crippen molar-refractivity contribution in [2.24, 2.45) is 5.10 Å². The maximum atomic E-state index is 12.3. The molecule has 0 aliphatic rings. The van der Waals surface area contributed by atoms with Crippen molar-refractivity contribution in [3.8, 4) is 5.75 Å². The van der Waals surface area contributed by atoms with Crippen molar-refractivity contribution in [1.29, 1.82) is 0 Å². The first-order chi connectivity index (χ1) is 15.2. The Balaban J connectivity index is 1.56. The van der Waals surface area contributed by atoms with E-state index in [0.717, 1.165) is 16.7 Å². The summed E-state index contributed by atoms with van der Waals surface area (Å²) >= 11 is 0. The number of rotatable bonds is 8. The summed E-state index contributed by atoms with van der Waals surface area (Å²) < 4.78 is 30.1. The Hall–Kier alpha value is -3.65. The minimum atomic E-state index is -3.75. The van der Waals surface area contributed by atoms with Crippen LogP contribution in [0.2, 0.25) is 0 Å². The van der Waals surface area contributed by atoms with Crippen molar-refractivity contribution in [1.82, 2.24) is 4.83 Å². The lowest BCUT2D eigenvalue weighted by atomic mass is 10.1. The molecule has 2 N–H and O–H groups in total. The Labute approximate surface area is 188 Å². The number of ether oxygens (including phenoxy) is 1. The lowest BCUT2D eigenvalue weighted by Gasteiger charge is -2.09. The van der Waals surface area contributed by atoms with E-state index in [0.29, 0.717) is 17.0 Å². The second kappa shape index (κ2) is 10.1. The molecule has 7 nitrogen and oxygen atoms in total. The van der Waals surface area contributed by atoms with Crippen LogP contribution in [0.15, 0.2) is 76.7 Å². The Kier molecular flexibility index (Phi) is 7.27. The van der Waals surface area contributed by atoms with E-state index in [9.17, 15) is 13.2 Å². The number of hydrazone groups is 1. The van der Waals surface area contributed by atoms with Crippen molar-refractivity contribution in [2.45, 2.75) is 25.7 Å². The largest absolute Gasteiger partial charge is 0.484 e. The van der Waals surface area contributed by atoms with Crippen LogP contribution >= 0.6 is 0 Å². The smallest absolute Gasteiger partial charge is 0.276 e. The summed E-state index contributed by atoms with van der Waals surface area (Å²) in [6.07, 6.45) is 1.37. The Morgan fingerprint density at radius 2 is 1.72 bits per heavy atom. The zero-order valence-corrected chi connectivity index (χ0v) is 18.9. The molecule has 32 heavy (non-hydrogen) atoms. The second-order valence-electron chi connectivity index (χ2n) is 7.37. The molecule has 0 fully saturated rings. The second-order valence-corrected chi connectivity index (χ2v) is 9.04. The van der Waals surface area contributed by atoms with Crippen LogP contribution in [0.3, 0.4) is 0 Å². The Morgan fingerprint density at radius 1 is 0.969 bits per heavy atom. The molecule has 3 rings (SSSR count). The molecule has 0 saturated carbocycles. The molecule has 166 valence electrons. The van der Waals surface area contributed by atoms with Gasteiger partial charge in [0.15, 0.2) is 6.61 Å². The predicted molar refractivity (Wildman–Crippen MR) is 126 cm³/mol. The van der Waals surface area contributed by atoms with Crippen LogP contribution < -0.4 is 14.9 Å². The number of sulfonamides is 1. The number of hydrogen-bond donors (Lipinski definition) is 2. The van der Waals surface area contributed by atoms with Gasteiger partial charge in [0.25, 0.3) is 15.9 Å². The molecule has 3 aromatic carbocycles. The van der Waals surface area contributed by atoms with Crippen molar-refractivity contribution in [3.63, 3.8) is 0 Å². The Morgan fingerprint density at radius 3 is 2.44 bits per heavy atom. The molecule has 0 atom stereocenters. The quantitative estimate of drug-likeness (QED) is 0.400. The molecular weight excluding hydrogens is 426 g/mol. The van der Waals surface area contributed by atoms with E-state index in [1.54, 1.807) is 36.4 Å². The molecule has 0 spiro atoms. The molecule has 1 amide bonds. The van der Waals surface area contributed by atoms with Crippen LogP contribution in [-0.4, -0.2) is 27.1 Å². The minimum Gasteiger partial charge on any atom is -0.484 e. The number of aryl methyl sites for hydroxylation is 3. The molecule has 0 aliphatic heterocycles. The Bertz CT molecular complexity index is 1240. The third kappa shape index (κ3) is 6.42. The summed E-state index contributed by atoms with van der Waals surface area (Å²) in [4.78, 5) is 14.5. The zero-order chi connectivity index (χ0) is 23.1. The fraction of sp³-hybridized carbons (Fsp3) is 0.167. The van der Waals surface area contributed by atoms with Gasteiger partial charge >= 0.3 is 0 Å². The fourth-order valence-corrected chi connectivity index (χ4v) is 3.58. The highest BCUT2D eigenvalue weighted by Crippen LogP contribution is 2.15. The van der Waals surface area contributed by atoms with Crippen molar-refractivity contribution in [3.05, 3.63) is 89.0 Å². The number of carbonyl (C=O) groups is 1. The first-order valence-corrected chi connectivity index (χ1v) is 11.4. The number of amides is 1. The van der Waals surface area contributed by atoms with E-state index in [1.807, 2.05) is 39.0 Å². The normalized spacial score (nSPS) is 11.3. The minimum absolute atomic E-state index is 0.132. The van der Waals surface area contributed by atoms with Gasteiger partial charge in [-0.3, -0.25) is 4.79 Å². The summed E-state index contributed by atoms with van der Waals surface area (Å²) in [5, 5.41) is 6.62. The maximum absolute atomic E-state index is 12.3. The number of nitrogens with zero attached hydrogens (tertiary/aromatic N) is 1. The third-order valence-corrected chi connectivity index (χ3v) is 5.98. The predicted octanol–water partition coefficient (Wildman–Crippen LogP) is 3.94. The van der Waals surface area contributed by atoms with E-state index >= 15 is 0 Å².